The molecule has 7 nitrogen and oxygen atoms in total. The van der Waals surface area contributed by atoms with Gasteiger partial charge in [-0.05, 0) is 48.3 Å². The molecule has 1 saturated carbocycles. The third kappa shape index (κ3) is 5.29. The van der Waals surface area contributed by atoms with E-state index in [9.17, 15) is 28.6 Å². The lowest BCUT2D eigenvalue weighted by Gasteiger charge is -2.58. The van der Waals surface area contributed by atoms with Gasteiger partial charge in [-0.15, -0.1) is 11.3 Å². The summed E-state index contributed by atoms with van der Waals surface area (Å²) in [6.07, 6.45) is 1.05. The predicted octanol–water partition coefficient (Wildman–Crippen LogP) is 5.14. The van der Waals surface area contributed by atoms with Gasteiger partial charge in [-0.1, -0.05) is 50.2 Å². The third-order valence-corrected chi connectivity index (χ3v) is 10.4. The fraction of sp³-hybridized carbons (Fsp3) is 0.452. The number of fused-ring (bicyclic) bond motifs is 2. The van der Waals surface area contributed by atoms with E-state index in [4.69, 9.17) is 4.98 Å². The number of aliphatic hydroxyl groups excluding tert-OH is 2. The summed E-state index contributed by atoms with van der Waals surface area (Å²) in [6, 6.07) is 12.9. The van der Waals surface area contributed by atoms with Gasteiger partial charge in [0.1, 0.15) is 17.2 Å². The van der Waals surface area contributed by atoms with E-state index in [1.54, 1.807) is 11.9 Å². The largest absolute Gasteiger partial charge is 0.396 e. The number of aromatic nitrogens is 1. The Morgan fingerprint density at radius 1 is 1.12 bits per heavy atom. The van der Waals surface area contributed by atoms with Gasteiger partial charge in [-0.2, -0.15) is 0 Å². The standard InChI is InChI=1S/C31H35F2N3O4S/c1-30-13-12-24(38)31(2,17-37)23(30)15-22-27(19(30)14-25(39)36(3)16-18-8-5-4-6-9-18)34-29(41-22)35-28(40)26-20(32)10-7-11-21(26)33/h4-11,19,23-24,37-38H,12-17H2,1-3H3,(H,34,35,40). The van der Waals surface area contributed by atoms with Crippen LogP contribution < -0.4 is 5.32 Å². The minimum Gasteiger partial charge on any atom is -0.396 e. The highest BCUT2D eigenvalue weighted by Gasteiger charge is 2.59. The summed E-state index contributed by atoms with van der Waals surface area (Å²) in [5.41, 5.74) is -0.279. The number of thiazole rings is 1. The van der Waals surface area contributed by atoms with Crippen LogP contribution in [-0.2, 0) is 17.8 Å². The monoisotopic (exact) mass is 583 g/mol. The molecule has 0 spiro atoms. The van der Waals surface area contributed by atoms with E-state index in [2.05, 4.69) is 12.2 Å². The molecule has 10 heteroatoms. The molecule has 5 rings (SSSR count). The fourth-order valence-corrected chi connectivity index (χ4v) is 7.91. The van der Waals surface area contributed by atoms with Crippen LogP contribution in [0.15, 0.2) is 48.5 Å². The zero-order valence-corrected chi connectivity index (χ0v) is 24.2. The van der Waals surface area contributed by atoms with Gasteiger partial charge >= 0.3 is 0 Å². The fourth-order valence-electron chi connectivity index (χ4n) is 6.85. The van der Waals surface area contributed by atoms with Gasteiger partial charge in [0.25, 0.3) is 5.91 Å². The van der Waals surface area contributed by atoms with Crippen molar-refractivity contribution in [2.75, 3.05) is 19.0 Å². The Hall–Kier alpha value is -3.21. The van der Waals surface area contributed by atoms with E-state index in [1.807, 2.05) is 37.3 Å². The lowest BCUT2D eigenvalue weighted by molar-refractivity contribution is -0.147. The average molecular weight is 584 g/mol. The first-order valence-electron chi connectivity index (χ1n) is 13.8. The number of anilines is 1. The summed E-state index contributed by atoms with van der Waals surface area (Å²) in [5.74, 6) is -3.48. The Labute approximate surface area is 242 Å². The smallest absolute Gasteiger partial charge is 0.263 e. The lowest BCUT2D eigenvalue weighted by Crippen LogP contribution is -2.57. The zero-order valence-electron chi connectivity index (χ0n) is 23.4. The Kier molecular flexibility index (Phi) is 8.02. The highest BCUT2D eigenvalue weighted by Crippen LogP contribution is 2.63. The van der Waals surface area contributed by atoms with Crippen molar-refractivity contribution in [3.8, 4) is 0 Å². The summed E-state index contributed by atoms with van der Waals surface area (Å²) >= 11 is 1.20. The van der Waals surface area contributed by atoms with Crippen LogP contribution in [0.4, 0.5) is 13.9 Å². The molecule has 3 N–H and O–H groups in total. The Morgan fingerprint density at radius 3 is 2.46 bits per heavy atom. The van der Waals surface area contributed by atoms with Crippen LogP contribution in [0.25, 0.3) is 0 Å². The molecule has 2 aliphatic rings. The summed E-state index contributed by atoms with van der Waals surface area (Å²) in [5, 5.41) is 24.2. The highest BCUT2D eigenvalue weighted by molar-refractivity contribution is 7.15. The maximum atomic E-state index is 14.3. The number of nitrogens with zero attached hydrogens (tertiary/aromatic N) is 2. The molecule has 41 heavy (non-hydrogen) atoms. The molecule has 1 aromatic heterocycles. The molecule has 2 aromatic carbocycles. The summed E-state index contributed by atoms with van der Waals surface area (Å²) in [4.78, 5) is 33.7. The van der Waals surface area contributed by atoms with Crippen LogP contribution in [0.5, 0.6) is 0 Å². The number of hydrogen-bond donors (Lipinski definition) is 3. The van der Waals surface area contributed by atoms with Crippen molar-refractivity contribution in [2.45, 2.75) is 58.1 Å². The van der Waals surface area contributed by atoms with Crippen molar-refractivity contribution in [2.24, 2.45) is 16.7 Å². The van der Waals surface area contributed by atoms with E-state index in [0.29, 0.717) is 31.5 Å². The molecule has 218 valence electrons. The molecule has 0 aliphatic heterocycles. The van der Waals surface area contributed by atoms with Gasteiger partial charge in [0.15, 0.2) is 5.13 Å². The Morgan fingerprint density at radius 2 is 1.80 bits per heavy atom. The number of amides is 2. The molecular weight excluding hydrogens is 548 g/mol. The van der Waals surface area contributed by atoms with Crippen molar-refractivity contribution in [3.63, 3.8) is 0 Å². The van der Waals surface area contributed by atoms with E-state index in [0.717, 1.165) is 22.6 Å². The molecule has 2 amide bonds. The van der Waals surface area contributed by atoms with Gasteiger partial charge in [0.05, 0.1) is 18.4 Å². The molecular formula is C31H35F2N3O4S. The summed E-state index contributed by atoms with van der Waals surface area (Å²) in [6.45, 7) is 4.21. The average Bonchev–Trinajstić information content (AvgIpc) is 3.34. The predicted molar refractivity (Wildman–Crippen MR) is 152 cm³/mol. The number of halogens is 2. The molecule has 0 saturated heterocycles. The van der Waals surface area contributed by atoms with E-state index in [-0.39, 0.29) is 35.9 Å². The second kappa shape index (κ2) is 11.2. The Balaban J connectivity index is 1.49. The first-order valence-corrected chi connectivity index (χ1v) is 14.6. The van der Waals surface area contributed by atoms with Crippen molar-refractivity contribution in [1.29, 1.82) is 0 Å². The maximum Gasteiger partial charge on any atom is 0.263 e. The number of rotatable bonds is 7. The lowest BCUT2D eigenvalue weighted by atomic mass is 9.47. The number of aliphatic hydroxyl groups is 2. The van der Waals surface area contributed by atoms with E-state index in [1.165, 1.54) is 17.4 Å². The molecule has 1 fully saturated rings. The number of carbonyl (C=O) groups is 2. The molecule has 0 bridgehead atoms. The van der Waals surface area contributed by atoms with Crippen molar-refractivity contribution >= 4 is 28.3 Å². The second-order valence-electron chi connectivity index (χ2n) is 11.9. The van der Waals surface area contributed by atoms with Crippen LogP contribution in [0, 0.1) is 28.4 Å². The highest BCUT2D eigenvalue weighted by atomic mass is 32.1. The van der Waals surface area contributed by atoms with Crippen LogP contribution in [0.2, 0.25) is 0 Å². The second-order valence-corrected chi connectivity index (χ2v) is 12.9. The van der Waals surface area contributed by atoms with Gasteiger partial charge in [-0.25, -0.2) is 13.8 Å². The molecule has 0 radical (unpaired) electrons. The first kappa shape index (κ1) is 29.3. The molecule has 2 aliphatic carbocycles. The van der Waals surface area contributed by atoms with Crippen LogP contribution in [0.1, 0.15) is 65.5 Å². The number of benzene rings is 2. The SMILES string of the molecule is CN(Cc1ccccc1)C(=O)CC1c2nc(NC(=O)c3c(F)cccc3F)sc2CC2C(C)(CO)C(O)CCC12C. The van der Waals surface area contributed by atoms with Crippen LogP contribution in [-0.4, -0.2) is 51.7 Å². The third-order valence-electron chi connectivity index (χ3n) is 9.37. The van der Waals surface area contributed by atoms with Gasteiger partial charge in [-0.3, -0.25) is 14.9 Å². The minimum atomic E-state index is -0.972. The van der Waals surface area contributed by atoms with Crippen molar-refractivity contribution in [3.05, 3.63) is 81.9 Å². The van der Waals surface area contributed by atoms with Gasteiger partial charge < -0.3 is 15.1 Å². The Bertz CT molecular complexity index is 1430. The molecule has 5 atom stereocenters. The van der Waals surface area contributed by atoms with Gasteiger partial charge in [0.2, 0.25) is 5.91 Å². The first-order chi connectivity index (χ1) is 19.5. The quantitative estimate of drug-likeness (QED) is 0.358. The number of carbonyl (C=O) groups excluding carboxylic acids is 2. The minimum absolute atomic E-state index is 0.0736. The summed E-state index contributed by atoms with van der Waals surface area (Å²) < 4.78 is 28.5. The van der Waals surface area contributed by atoms with E-state index >= 15 is 0 Å². The van der Waals surface area contributed by atoms with Crippen molar-refractivity contribution < 1.29 is 28.6 Å². The number of hydrogen-bond acceptors (Lipinski definition) is 6. The van der Waals surface area contributed by atoms with Crippen LogP contribution in [0.3, 0.4) is 0 Å². The maximum absolute atomic E-state index is 14.3. The summed E-state index contributed by atoms with van der Waals surface area (Å²) in [7, 11) is 1.76. The normalized spacial score (nSPS) is 27.0. The molecule has 5 unspecified atom stereocenters. The topological polar surface area (TPSA) is 103 Å². The van der Waals surface area contributed by atoms with Crippen molar-refractivity contribution in [1.82, 2.24) is 9.88 Å². The molecule has 1 heterocycles. The van der Waals surface area contributed by atoms with E-state index < -0.39 is 40.0 Å². The van der Waals surface area contributed by atoms with Gasteiger partial charge in [0, 0.05) is 36.2 Å². The number of nitrogens with one attached hydrogen (secondary N) is 1. The molecule has 3 aromatic rings. The zero-order chi connectivity index (χ0) is 29.5. The van der Waals surface area contributed by atoms with Crippen LogP contribution >= 0.6 is 11.3 Å².